The topological polar surface area (TPSA) is 295 Å². The van der Waals surface area contributed by atoms with Gasteiger partial charge in [-0.2, -0.15) is 22.8 Å². The van der Waals surface area contributed by atoms with Gasteiger partial charge in [-0.3, -0.25) is 23.8 Å². The lowest BCUT2D eigenvalue weighted by Crippen LogP contribution is -2.50. The minimum atomic E-state index is -5.10. The van der Waals surface area contributed by atoms with Gasteiger partial charge in [-0.25, -0.2) is 33.8 Å². The Balaban J connectivity index is 0.000000246. The summed E-state index contributed by atoms with van der Waals surface area (Å²) in [4.78, 5) is 76.0. The fourth-order valence-electron chi connectivity index (χ4n) is 9.88. The van der Waals surface area contributed by atoms with Gasteiger partial charge in [0.1, 0.15) is 17.7 Å². The molecule has 6 saturated heterocycles. The summed E-state index contributed by atoms with van der Waals surface area (Å²) in [6.45, 7) is 22.4. The third-order valence-electron chi connectivity index (χ3n) is 13.6. The molecule has 0 saturated carbocycles. The smallest absolute Gasteiger partial charge is 0.418 e. The molecule has 0 aromatic heterocycles. The van der Waals surface area contributed by atoms with Crippen molar-refractivity contribution < 1.29 is 77.4 Å². The molecule has 416 valence electrons. The summed E-state index contributed by atoms with van der Waals surface area (Å²) in [7, 11) is -9.90. The Hall–Kier alpha value is -3.67. The molecule has 7 amide bonds. The van der Waals surface area contributed by atoms with E-state index in [1.54, 1.807) is 25.7 Å². The molecule has 0 aromatic rings. The molecule has 6 aliphatic heterocycles. The maximum atomic E-state index is 12.5. The summed E-state index contributed by atoms with van der Waals surface area (Å²) < 4.78 is 78.2. The lowest BCUT2D eigenvalue weighted by Gasteiger charge is -2.39. The first kappa shape index (κ1) is 60.9. The molecule has 0 aromatic carbocycles. The van der Waals surface area contributed by atoms with Crippen LogP contribution in [-0.2, 0) is 53.4 Å². The lowest BCUT2D eigenvalue weighted by atomic mass is 10.0. The number of carbonyl (C=O) groups is 5. The molecule has 72 heavy (non-hydrogen) atoms. The second kappa shape index (κ2) is 28.3. The highest BCUT2D eigenvalue weighted by molar-refractivity contribution is 7.81. The van der Waals surface area contributed by atoms with Gasteiger partial charge in [0.05, 0.1) is 57.5 Å². The van der Waals surface area contributed by atoms with Gasteiger partial charge in [0.2, 0.25) is 10.4 Å². The minimum absolute atomic E-state index is 0.0535. The van der Waals surface area contributed by atoms with E-state index in [1.165, 1.54) is 86.9 Å². The number of amides is 7. The number of fused-ring (bicyclic) bond motifs is 4. The first-order valence-corrected chi connectivity index (χ1v) is 28.6. The Kier molecular flexibility index (Phi) is 23.9. The number of hydroxylamine groups is 6. The van der Waals surface area contributed by atoms with Crippen LogP contribution < -0.4 is 16.3 Å². The molecule has 0 spiro atoms. The maximum Gasteiger partial charge on any atom is 0.418 e. The van der Waals surface area contributed by atoms with Crippen molar-refractivity contribution in [2.75, 3.05) is 65.6 Å². The number of likely N-dealkylation sites (tertiary alicyclic amines) is 1. The van der Waals surface area contributed by atoms with E-state index < -0.39 is 80.5 Å². The Bertz CT molecular complexity index is 1950. The Labute approximate surface area is 426 Å². The van der Waals surface area contributed by atoms with Crippen LogP contribution >= 0.6 is 0 Å². The SMILES string of the molecule is CC(C)(C)OC(=O)N1CCC[C@H]1CONC(=O)[C@@H]1CC[C@@H]2CN1C(=O)N2OS(=O)(=O)[O-].CCCC[N+](CCCC)(CCCC)CCCC.O=C(NOC[C@@H]1CCCN1)[C@@H]1CC[C@@H]2CN1C(=O)N2OS(=O)(=O)O. The van der Waals surface area contributed by atoms with Crippen LogP contribution in [0.25, 0.3) is 0 Å². The van der Waals surface area contributed by atoms with Crippen LogP contribution in [0.1, 0.15) is 151 Å². The van der Waals surface area contributed by atoms with Gasteiger partial charge < -0.3 is 33.8 Å². The number of ether oxygens (including phenoxy) is 1. The fraction of sp³-hybridized carbons (Fsp3) is 0.889. The number of rotatable bonds is 24. The molecule has 0 unspecified atom stereocenters. The van der Waals surface area contributed by atoms with Gasteiger partial charge in [0.15, 0.2) is 0 Å². The lowest BCUT2D eigenvalue weighted by molar-refractivity contribution is -0.929. The average Bonchev–Trinajstić information content (AvgIpc) is 4.11. The molecule has 0 aliphatic carbocycles. The Morgan fingerprint density at radius 1 is 0.708 bits per heavy atom. The van der Waals surface area contributed by atoms with E-state index in [0.29, 0.717) is 42.5 Å². The van der Waals surface area contributed by atoms with E-state index in [4.69, 9.17) is 19.0 Å². The zero-order chi connectivity index (χ0) is 53.3. The van der Waals surface area contributed by atoms with Gasteiger partial charge in [0, 0.05) is 25.7 Å². The van der Waals surface area contributed by atoms with Crippen molar-refractivity contribution in [2.24, 2.45) is 0 Å². The van der Waals surface area contributed by atoms with Crippen molar-refractivity contribution in [3.63, 3.8) is 0 Å². The van der Waals surface area contributed by atoms with E-state index in [1.807, 2.05) is 0 Å². The van der Waals surface area contributed by atoms with E-state index in [2.05, 4.69) is 52.5 Å². The number of piperidine rings is 2. The Morgan fingerprint density at radius 2 is 1.18 bits per heavy atom. The second-order valence-corrected chi connectivity index (χ2v) is 22.4. The van der Waals surface area contributed by atoms with Crippen molar-refractivity contribution in [1.82, 2.24) is 41.1 Å². The van der Waals surface area contributed by atoms with Crippen molar-refractivity contribution in [2.45, 2.75) is 193 Å². The average molecular weight is 1070 g/mol. The van der Waals surface area contributed by atoms with Crippen molar-refractivity contribution in [1.29, 1.82) is 0 Å². The first-order chi connectivity index (χ1) is 33.9. The van der Waals surface area contributed by atoms with Gasteiger partial charge in [-0.05, 0) is 104 Å². The van der Waals surface area contributed by atoms with E-state index in [-0.39, 0.29) is 44.6 Å². The molecule has 4 bridgehead atoms. The van der Waals surface area contributed by atoms with Crippen LogP contribution in [0.15, 0.2) is 0 Å². The van der Waals surface area contributed by atoms with Gasteiger partial charge in [0.25, 0.3) is 11.8 Å². The van der Waals surface area contributed by atoms with E-state index in [9.17, 15) is 45.4 Å². The van der Waals surface area contributed by atoms with Crippen molar-refractivity contribution >= 4 is 50.8 Å². The van der Waals surface area contributed by atoms with E-state index in [0.717, 1.165) is 30.7 Å². The van der Waals surface area contributed by atoms with E-state index >= 15 is 0 Å². The minimum Gasteiger partial charge on any atom is -0.724 e. The van der Waals surface area contributed by atoms with Crippen LogP contribution in [0.3, 0.4) is 0 Å². The predicted octanol–water partition coefficient (Wildman–Crippen LogP) is 3.89. The largest absolute Gasteiger partial charge is 0.724 e. The van der Waals surface area contributed by atoms with Crippen LogP contribution in [-0.4, -0.2) is 193 Å². The van der Waals surface area contributed by atoms with Crippen molar-refractivity contribution in [3.8, 4) is 0 Å². The second-order valence-electron chi connectivity index (χ2n) is 20.5. The van der Waals surface area contributed by atoms with Crippen LogP contribution in [0.4, 0.5) is 14.4 Å². The zero-order valence-corrected chi connectivity index (χ0v) is 45.1. The number of nitrogens with zero attached hydrogens (tertiary/aromatic N) is 6. The molecular weight excluding hydrogens is 987 g/mol. The summed E-state index contributed by atoms with van der Waals surface area (Å²) in [5.74, 6) is -1.05. The van der Waals surface area contributed by atoms with Crippen LogP contribution in [0, 0.1) is 0 Å². The highest BCUT2D eigenvalue weighted by atomic mass is 32.3. The monoisotopic (exact) mass is 1070 g/mol. The molecule has 27 heteroatoms. The predicted molar refractivity (Wildman–Crippen MR) is 259 cm³/mol. The summed E-state index contributed by atoms with van der Waals surface area (Å²) >= 11 is 0. The first-order valence-electron chi connectivity index (χ1n) is 25.9. The molecule has 6 rings (SSSR count). The highest BCUT2D eigenvalue weighted by Gasteiger charge is 2.50. The molecule has 4 N–H and O–H groups in total. The molecular formula is C45H83N9O16S2. The normalized spacial score (nSPS) is 24.2. The molecule has 0 radical (unpaired) electrons. The number of quaternary nitrogens is 1. The maximum absolute atomic E-state index is 12.5. The van der Waals surface area contributed by atoms with Gasteiger partial charge in [-0.15, -0.1) is 4.28 Å². The van der Waals surface area contributed by atoms with Gasteiger partial charge in [-0.1, -0.05) is 53.4 Å². The molecule has 6 fully saturated rings. The number of hydrogen-bond donors (Lipinski definition) is 4. The summed E-state index contributed by atoms with van der Waals surface area (Å²) in [6.07, 6.45) is 15.4. The highest BCUT2D eigenvalue weighted by Crippen LogP contribution is 2.32. The fourth-order valence-corrected chi connectivity index (χ4v) is 10.6. The third kappa shape index (κ3) is 18.9. The molecule has 6 heterocycles. The quantitative estimate of drug-likeness (QED) is 0.0461. The van der Waals surface area contributed by atoms with Crippen LogP contribution in [0.5, 0.6) is 0 Å². The van der Waals surface area contributed by atoms with Crippen molar-refractivity contribution in [3.05, 3.63) is 0 Å². The number of carbonyl (C=O) groups excluding carboxylic acids is 5. The molecule has 6 atom stereocenters. The summed E-state index contributed by atoms with van der Waals surface area (Å²) in [5, 5.41) is 4.34. The molecule has 6 aliphatic rings. The Morgan fingerprint density at radius 3 is 1.60 bits per heavy atom. The number of urea groups is 2. The number of hydrogen-bond acceptors (Lipinski definition) is 16. The van der Waals surface area contributed by atoms with Gasteiger partial charge >= 0.3 is 28.6 Å². The third-order valence-corrected chi connectivity index (χ3v) is 14.3. The number of nitrogens with one attached hydrogen (secondary N) is 3. The molecule has 25 nitrogen and oxygen atoms in total. The standard InChI is InChI=1S/C17H28N4O9S.C16H36N.C12H20N4O7S/c1-17(2,3)29-16(24)19-8-4-5-12(19)10-28-18-14(22)13-7-6-11-9-20(13)15(23)21(11)30-31(25,26)27;1-5-9-13-17(14-10-6-2,15-11-7-3)16-12-8-4;17-11(14-22-7-8-2-1-5-13-8)10-4-3-9-6-15(10)12(18)16(9)23-24(19,20)21/h11-13H,4-10H2,1-3H3,(H,18,22)(H,25,26,27);5-16H2,1-4H3;8-10,13H,1-7H2,(H,14,17)(H,19,20,21)/q;+1;/p-1/t11-,12+,13+;;8-,9+,10-/m1.0/s1. The zero-order valence-electron chi connectivity index (χ0n) is 43.4. The number of unbranched alkanes of at least 4 members (excludes halogenated alkanes) is 4. The summed E-state index contributed by atoms with van der Waals surface area (Å²) in [5.41, 5.74) is 4.03. The van der Waals surface area contributed by atoms with Crippen LogP contribution in [0.2, 0.25) is 0 Å². The summed E-state index contributed by atoms with van der Waals surface area (Å²) in [6, 6.07) is -4.49.